The van der Waals surface area contributed by atoms with Gasteiger partial charge in [-0.2, -0.15) is 0 Å². The second-order valence-corrected chi connectivity index (χ2v) is 9.35. The van der Waals surface area contributed by atoms with Crippen LogP contribution in [0.4, 0.5) is 0 Å². The first-order chi connectivity index (χ1) is 10.1. The van der Waals surface area contributed by atoms with Crippen molar-refractivity contribution in [3.63, 3.8) is 0 Å². The minimum absolute atomic E-state index is 0.00581. The van der Waals surface area contributed by atoms with Crippen LogP contribution < -0.4 is 0 Å². The average molecular weight is 290 g/mol. The van der Waals surface area contributed by atoms with Gasteiger partial charge in [0.2, 0.25) is 0 Å². The lowest BCUT2D eigenvalue weighted by Gasteiger charge is -2.53. The topological polar surface area (TPSA) is 32.8 Å². The van der Waals surface area contributed by atoms with Gasteiger partial charge in [-0.3, -0.25) is 0 Å². The van der Waals surface area contributed by atoms with Gasteiger partial charge < -0.3 is 9.84 Å². The van der Waals surface area contributed by atoms with E-state index in [4.69, 9.17) is 4.74 Å². The number of ether oxygens (including phenoxy) is 1. The molecule has 1 N–H and O–H groups in total. The van der Waals surface area contributed by atoms with Crippen LogP contribution in [0.5, 0.6) is 0 Å². The molecule has 0 radical (unpaired) electrons. The Bertz CT molecular complexity index is 443. The molecule has 1 saturated heterocycles. The Labute approximate surface area is 128 Å². The van der Waals surface area contributed by atoms with Crippen LogP contribution in [0.2, 0.25) is 0 Å². The maximum atomic E-state index is 10.00. The van der Waals surface area contributed by atoms with Crippen molar-refractivity contribution >= 4 is 0 Å². The van der Waals surface area contributed by atoms with Crippen molar-refractivity contribution in [2.24, 2.45) is 35.0 Å². The van der Waals surface area contributed by atoms with E-state index < -0.39 is 0 Å². The first kappa shape index (κ1) is 13.4. The third-order valence-electron chi connectivity index (χ3n) is 8.59. The van der Waals surface area contributed by atoms with E-state index >= 15 is 0 Å². The van der Waals surface area contributed by atoms with Gasteiger partial charge in [0.05, 0.1) is 18.3 Å². The van der Waals surface area contributed by atoms with Crippen LogP contribution in [0.15, 0.2) is 0 Å². The van der Waals surface area contributed by atoms with Crippen LogP contribution in [0.1, 0.15) is 64.7 Å². The van der Waals surface area contributed by atoms with E-state index in [1.807, 2.05) is 0 Å². The molecule has 1 spiro atoms. The smallest absolute Gasteiger partial charge is 0.0972 e. The van der Waals surface area contributed by atoms with Gasteiger partial charge in [-0.25, -0.2) is 0 Å². The average Bonchev–Trinajstić information content (AvgIpc) is 3.19. The molecule has 0 amide bonds. The molecule has 4 aliphatic carbocycles. The SMILES string of the molecule is C[C@]12C[C@H]3C[C@H]4CC[C@@H](O)C[C@@H]4C[C@@H]3C[C@@H]1CC[C@@]21CO1. The van der Waals surface area contributed by atoms with Crippen LogP contribution in [-0.2, 0) is 4.74 Å². The molecule has 8 atom stereocenters. The van der Waals surface area contributed by atoms with E-state index in [-0.39, 0.29) is 6.10 Å². The fourth-order valence-electron chi connectivity index (χ4n) is 7.19. The molecule has 5 rings (SSSR count). The Kier molecular flexibility index (Phi) is 2.71. The molecule has 4 saturated carbocycles. The summed E-state index contributed by atoms with van der Waals surface area (Å²) in [6.07, 6.45) is 12.0. The molecule has 0 unspecified atom stereocenters. The number of aliphatic hydroxyl groups is 1. The van der Waals surface area contributed by atoms with Crippen molar-refractivity contribution < 1.29 is 9.84 Å². The number of hydrogen-bond acceptors (Lipinski definition) is 2. The standard InChI is InChI=1S/C19H30O2/c1-18-10-15-6-12-2-3-17(20)9-14(12)7-13(15)8-16(18)4-5-19(18)11-21-19/h12-17,20H,2-11H2,1H3/t12-,13-,14+,15-,16+,17-,18+,19-/m1/s1. The van der Waals surface area contributed by atoms with E-state index in [2.05, 4.69) is 6.92 Å². The zero-order valence-corrected chi connectivity index (χ0v) is 13.4. The number of epoxide rings is 1. The lowest BCUT2D eigenvalue weighted by atomic mass is 9.52. The molecule has 1 aliphatic heterocycles. The molecule has 2 nitrogen and oxygen atoms in total. The summed E-state index contributed by atoms with van der Waals surface area (Å²) >= 11 is 0. The summed E-state index contributed by atoms with van der Waals surface area (Å²) in [7, 11) is 0. The van der Waals surface area contributed by atoms with Gasteiger partial charge in [-0.05, 0) is 87.4 Å². The Balaban J connectivity index is 1.38. The summed E-state index contributed by atoms with van der Waals surface area (Å²) in [4.78, 5) is 0. The van der Waals surface area contributed by atoms with Crippen molar-refractivity contribution in [3.8, 4) is 0 Å². The molecule has 5 fully saturated rings. The monoisotopic (exact) mass is 290 g/mol. The van der Waals surface area contributed by atoms with Gasteiger partial charge in [-0.1, -0.05) is 6.92 Å². The van der Waals surface area contributed by atoms with Crippen molar-refractivity contribution in [2.75, 3.05) is 6.61 Å². The van der Waals surface area contributed by atoms with Crippen molar-refractivity contribution in [3.05, 3.63) is 0 Å². The Morgan fingerprint density at radius 1 is 0.905 bits per heavy atom. The third kappa shape index (κ3) is 1.78. The molecule has 0 aromatic heterocycles. The molecule has 0 aromatic rings. The molecule has 5 aliphatic rings. The van der Waals surface area contributed by atoms with Crippen molar-refractivity contribution in [2.45, 2.75) is 76.4 Å². The van der Waals surface area contributed by atoms with Crippen LogP contribution in [0.25, 0.3) is 0 Å². The Morgan fingerprint density at radius 2 is 1.67 bits per heavy atom. The highest BCUT2D eigenvalue weighted by Crippen LogP contribution is 2.68. The summed E-state index contributed by atoms with van der Waals surface area (Å²) in [5, 5.41) is 10.00. The fraction of sp³-hybridized carbons (Fsp3) is 1.00. The summed E-state index contributed by atoms with van der Waals surface area (Å²) in [5.41, 5.74) is 0.803. The highest BCUT2D eigenvalue weighted by Gasteiger charge is 2.67. The molecule has 21 heavy (non-hydrogen) atoms. The molecule has 0 bridgehead atoms. The largest absolute Gasteiger partial charge is 0.393 e. The van der Waals surface area contributed by atoms with Crippen molar-refractivity contribution in [1.82, 2.24) is 0 Å². The number of fused-ring (bicyclic) bond motifs is 4. The number of hydrogen-bond donors (Lipinski definition) is 1. The minimum Gasteiger partial charge on any atom is -0.393 e. The number of aliphatic hydroxyl groups excluding tert-OH is 1. The van der Waals surface area contributed by atoms with Gasteiger partial charge in [0.25, 0.3) is 0 Å². The summed E-state index contributed by atoms with van der Waals surface area (Å²) < 4.78 is 6.00. The zero-order chi connectivity index (χ0) is 14.2. The maximum Gasteiger partial charge on any atom is 0.0972 e. The van der Waals surface area contributed by atoms with Gasteiger partial charge >= 0.3 is 0 Å². The molecule has 0 aromatic carbocycles. The van der Waals surface area contributed by atoms with Crippen LogP contribution >= 0.6 is 0 Å². The molecular formula is C19H30O2. The first-order valence-corrected chi connectivity index (χ1v) is 9.42. The summed E-state index contributed by atoms with van der Waals surface area (Å²) in [6.45, 7) is 3.61. The molecule has 118 valence electrons. The van der Waals surface area contributed by atoms with Gasteiger partial charge in [0, 0.05) is 5.41 Å². The maximum absolute atomic E-state index is 10.00. The highest BCUT2D eigenvalue weighted by molar-refractivity contribution is 5.16. The van der Waals surface area contributed by atoms with Crippen LogP contribution in [-0.4, -0.2) is 23.4 Å². The molecular weight excluding hydrogens is 260 g/mol. The van der Waals surface area contributed by atoms with Gasteiger partial charge in [0.1, 0.15) is 0 Å². The van der Waals surface area contributed by atoms with Gasteiger partial charge in [0.15, 0.2) is 0 Å². The lowest BCUT2D eigenvalue weighted by Crippen LogP contribution is -2.47. The predicted octanol–water partition coefficient (Wildman–Crippen LogP) is 3.77. The van der Waals surface area contributed by atoms with E-state index in [0.29, 0.717) is 11.0 Å². The molecule has 2 heteroatoms. The predicted molar refractivity (Wildman–Crippen MR) is 81.8 cm³/mol. The quantitative estimate of drug-likeness (QED) is 0.689. The van der Waals surface area contributed by atoms with Gasteiger partial charge in [-0.15, -0.1) is 0 Å². The van der Waals surface area contributed by atoms with E-state index in [9.17, 15) is 5.11 Å². The van der Waals surface area contributed by atoms with E-state index in [1.165, 1.54) is 44.9 Å². The normalized spacial score (nSPS) is 62.0. The number of rotatable bonds is 0. The van der Waals surface area contributed by atoms with Crippen LogP contribution in [0.3, 0.4) is 0 Å². The third-order valence-corrected chi connectivity index (χ3v) is 8.59. The fourth-order valence-corrected chi connectivity index (χ4v) is 7.19. The Morgan fingerprint density at radius 3 is 2.48 bits per heavy atom. The second-order valence-electron chi connectivity index (χ2n) is 9.35. The zero-order valence-electron chi connectivity index (χ0n) is 13.4. The second kappa shape index (κ2) is 4.26. The van der Waals surface area contributed by atoms with Crippen LogP contribution in [0, 0.1) is 35.0 Å². The summed E-state index contributed by atoms with van der Waals surface area (Å²) in [6, 6.07) is 0. The summed E-state index contributed by atoms with van der Waals surface area (Å²) in [5.74, 6) is 4.61. The van der Waals surface area contributed by atoms with E-state index in [1.54, 1.807) is 0 Å². The Hall–Kier alpha value is -0.0800. The van der Waals surface area contributed by atoms with E-state index in [0.717, 1.165) is 49.0 Å². The van der Waals surface area contributed by atoms with Crippen molar-refractivity contribution in [1.29, 1.82) is 0 Å². The highest BCUT2D eigenvalue weighted by atomic mass is 16.6. The first-order valence-electron chi connectivity index (χ1n) is 9.42. The lowest BCUT2D eigenvalue weighted by molar-refractivity contribution is -0.0553. The molecule has 1 heterocycles. The minimum atomic E-state index is 0.00581.